The third kappa shape index (κ3) is 3.93. The second kappa shape index (κ2) is 7.96. The topological polar surface area (TPSA) is 46.3 Å². The summed E-state index contributed by atoms with van der Waals surface area (Å²) in [5.41, 5.74) is 5.73. The van der Waals surface area contributed by atoms with E-state index in [9.17, 15) is 9.18 Å². The summed E-state index contributed by atoms with van der Waals surface area (Å²) in [6, 6.07) is 4.61. The van der Waals surface area contributed by atoms with Gasteiger partial charge in [0.25, 0.3) is 5.91 Å². The number of rotatable bonds is 3. The number of carbonyl (C=O) groups is 1. The van der Waals surface area contributed by atoms with Gasteiger partial charge < -0.3 is 10.6 Å². The van der Waals surface area contributed by atoms with Crippen LogP contribution in [0.2, 0.25) is 0 Å². The number of halogens is 3. The zero-order chi connectivity index (χ0) is 13.8. The van der Waals surface area contributed by atoms with Gasteiger partial charge in [0.05, 0.1) is 5.56 Å². The van der Waals surface area contributed by atoms with Gasteiger partial charge in [-0.1, -0.05) is 15.9 Å². The van der Waals surface area contributed by atoms with Crippen molar-refractivity contribution in [2.24, 2.45) is 5.73 Å². The minimum atomic E-state index is -0.467. The molecule has 1 aromatic carbocycles. The van der Waals surface area contributed by atoms with Gasteiger partial charge in [-0.05, 0) is 50.4 Å². The molecule has 1 fully saturated rings. The fourth-order valence-corrected chi connectivity index (χ4v) is 2.94. The van der Waals surface area contributed by atoms with E-state index in [1.54, 1.807) is 17.0 Å². The first-order chi connectivity index (χ1) is 9.13. The van der Waals surface area contributed by atoms with Crippen LogP contribution in [0.15, 0.2) is 22.7 Å². The van der Waals surface area contributed by atoms with Gasteiger partial charge in [0.15, 0.2) is 0 Å². The van der Waals surface area contributed by atoms with Crippen LogP contribution >= 0.6 is 28.3 Å². The average molecular weight is 366 g/mol. The quantitative estimate of drug-likeness (QED) is 0.893. The highest BCUT2D eigenvalue weighted by Gasteiger charge is 2.28. The van der Waals surface area contributed by atoms with Crippen LogP contribution in [-0.4, -0.2) is 29.9 Å². The number of likely N-dealkylation sites (tertiary alicyclic amines) is 1. The Bertz CT molecular complexity index is 470. The van der Waals surface area contributed by atoms with E-state index >= 15 is 0 Å². The normalized spacial score (nSPS) is 18.6. The number of piperidine rings is 1. The molecule has 0 aliphatic carbocycles. The van der Waals surface area contributed by atoms with Gasteiger partial charge in [-0.2, -0.15) is 0 Å². The van der Waals surface area contributed by atoms with Crippen LogP contribution in [0, 0.1) is 5.82 Å². The molecule has 1 aliphatic heterocycles. The molecule has 2 N–H and O–H groups in total. The lowest BCUT2D eigenvalue weighted by Gasteiger charge is -2.35. The summed E-state index contributed by atoms with van der Waals surface area (Å²) in [5, 5.41) is 0. The van der Waals surface area contributed by atoms with Crippen molar-refractivity contribution in [2.75, 3.05) is 13.1 Å². The molecule has 112 valence electrons. The molecule has 0 radical (unpaired) electrons. The molecule has 3 nitrogen and oxygen atoms in total. The Morgan fingerprint density at radius 3 is 2.90 bits per heavy atom. The maximum Gasteiger partial charge on any atom is 0.257 e. The van der Waals surface area contributed by atoms with Gasteiger partial charge >= 0.3 is 0 Å². The van der Waals surface area contributed by atoms with E-state index in [4.69, 9.17) is 5.73 Å². The summed E-state index contributed by atoms with van der Waals surface area (Å²) in [7, 11) is 0. The maximum absolute atomic E-state index is 13.8. The number of hydrogen-bond acceptors (Lipinski definition) is 2. The number of amides is 1. The Morgan fingerprint density at radius 2 is 2.20 bits per heavy atom. The van der Waals surface area contributed by atoms with Crippen LogP contribution in [0.5, 0.6) is 0 Å². The van der Waals surface area contributed by atoms with Crippen LogP contribution in [0.3, 0.4) is 0 Å². The average Bonchev–Trinajstić information content (AvgIpc) is 2.42. The predicted octanol–water partition coefficient (Wildman–Crippen LogP) is 3.35. The zero-order valence-electron chi connectivity index (χ0n) is 11.1. The molecule has 20 heavy (non-hydrogen) atoms. The molecule has 1 atom stereocenters. The smallest absolute Gasteiger partial charge is 0.257 e. The third-order valence-corrected chi connectivity index (χ3v) is 4.04. The molecule has 6 heteroatoms. The molecule has 1 aliphatic rings. The van der Waals surface area contributed by atoms with Gasteiger partial charge in [-0.3, -0.25) is 4.79 Å². The van der Waals surface area contributed by atoms with E-state index in [0.717, 1.165) is 25.7 Å². The molecule has 0 spiro atoms. The lowest BCUT2D eigenvalue weighted by Crippen LogP contribution is -2.44. The van der Waals surface area contributed by atoms with Gasteiger partial charge in [0.1, 0.15) is 5.82 Å². The molecular formula is C14H19BrClFN2O. The summed E-state index contributed by atoms with van der Waals surface area (Å²) in [6.07, 6.45) is 3.82. The van der Waals surface area contributed by atoms with Crippen molar-refractivity contribution in [1.82, 2.24) is 4.90 Å². The SMILES string of the molecule is Cl.NCCC1CCCCN1C(=O)c1cc(Br)ccc1F. The van der Waals surface area contributed by atoms with Crippen molar-refractivity contribution in [2.45, 2.75) is 31.7 Å². The minimum absolute atomic E-state index is 0. The van der Waals surface area contributed by atoms with E-state index < -0.39 is 5.82 Å². The Morgan fingerprint density at radius 1 is 1.45 bits per heavy atom. The molecule has 0 bridgehead atoms. The third-order valence-electron chi connectivity index (χ3n) is 3.55. The first kappa shape index (κ1) is 17.4. The van der Waals surface area contributed by atoms with Crippen molar-refractivity contribution in [1.29, 1.82) is 0 Å². The van der Waals surface area contributed by atoms with Crippen molar-refractivity contribution >= 4 is 34.2 Å². The standard InChI is InChI=1S/C14H18BrFN2O.ClH/c15-10-4-5-13(16)12(9-10)14(19)18-8-2-1-3-11(18)6-7-17;/h4-5,9,11H,1-3,6-8,17H2;1H. The first-order valence-corrected chi connectivity index (χ1v) is 7.39. The Balaban J connectivity index is 0.00000200. The fourth-order valence-electron chi connectivity index (χ4n) is 2.58. The Labute approximate surface area is 133 Å². The van der Waals surface area contributed by atoms with Crippen LogP contribution in [0.25, 0.3) is 0 Å². The van der Waals surface area contributed by atoms with E-state index in [0.29, 0.717) is 17.6 Å². The van der Waals surface area contributed by atoms with E-state index in [1.165, 1.54) is 6.07 Å². The summed E-state index contributed by atoms with van der Waals surface area (Å²) >= 11 is 3.28. The molecule has 1 aromatic rings. The number of hydrogen-bond donors (Lipinski definition) is 1. The van der Waals surface area contributed by atoms with Crippen molar-refractivity contribution in [3.8, 4) is 0 Å². The van der Waals surface area contributed by atoms with Crippen LogP contribution in [0.4, 0.5) is 4.39 Å². The highest BCUT2D eigenvalue weighted by Crippen LogP contribution is 2.24. The van der Waals surface area contributed by atoms with E-state index in [1.807, 2.05) is 0 Å². The van der Waals surface area contributed by atoms with Gasteiger partial charge in [0, 0.05) is 17.1 Å². The summed E-state index contributed by atoms with van der Waals surface area (Å²) in [6.45, 7) is 1.24. The second-order valence-corrected chi connectivity index (χ2v) is 5.77. The van der Waals surface area contributed by atoms with Crippen LogP contribution in [-0.2, 0) is 0 Å². The highest BCUT2D eigenvalue weighted by atomic mass is 79.9. The Kier molecular flexibility index (Phi) is 6.92. The monoisotopic (exact) mass is 364 g/mol. The van der Waals surface area contributed by atoms with E-state index in [2.05, 4.69) is 15.9 Å². The van der Waals surface area contributed by atoms with Crippen molar-refractivity contribution in [3.05, 3.63) is 34.1 Å². The van der Waals surface area contributed by atoms with Gasteiger partial charge in [-0.15, -0.1) is 12.4 Å². The molecule has 2 rings (SSSR count). The first-order valence-electron chi connectivity index (χ1n) is 6.59. The lowest BCUT2D eigenvalue weighted by molar-refractivity contribution is 0.0600. The summed E-state index contributed by atoms with van der Waals surface area (Å²) in [4.78, 5) is 14.3. The van der Waals surface area contributed by atoms with E-state index in [-0.39, 0.29) is 29.9 Å². The Hall–Kier alpha value is -0.650. The molecule has 1 unspecified atom stereocenters. The van der Waals surface area contributed by atoms with Gasteiger partial charge in [-0.25, -0.2) is 4.39 Å². The number of carbonyl (C=O) groups excluding carboxylic acids is 1. The van der Waals surface area contributed by atoms with Crippen LogP contribution < -0.4 is 5.73 Å². The minimum Gasteiger partial charge on any atom is -0.336 e. The molecular weight excluding hydrogens is 347 g/mol. The number of nitrogens with two attached hydrogens (primary N) is 1. The predicted molar refractivity (Wildman–Crippen MR) is 83.7 cm³/mol. The maximum atomic E-state index is 13.8. The van der Waals surface area contributed by atoms with Crippen LogP contribution in [0.1, 0.15) is 36.0 Å². The zero-order valence-corrected chi connectivity index (χ0v) is 13.6. The molecule has 1 amide bonds. The molecule has 0 saturated carbocycles. The number of nitrogens with zero attached hydrogens (tertiary/aromatic N) is 1. The highest BCUT2D eigenvalue weighted by molar-refractivity contribution is 9.10. The van der Waals surface area contributed by atoms with Crippen molar-refractivity contribution in [3.63, 3.8) is 0 Å². The molecule has 1 saturated heterocycles. The van der Waals surface area contributed by atoms with Crippen molar-refractivity contribution < 1.29 is 9.18 Å². The fraction of sp³-hybridized carbons (Fsp3) is 0.500. The summed E-state index contributed by atoms with van der Waals surface area (Å²) < 4.78 is 14.5. The molecule has 1 heterocycles. The van der Waals surface area contributed by atoms with Gasteiger partial charge in [0.2, 0.25) is 0 Å². The summed E-state index contributed by atoms with van der Waals surface area (Å²) in [5.74, 6) is -0.692. The number of benzene rings is 1. The lowest BCUT2D eigenvalue weighted by atomic mass is 9.98. The second-order valence-electron chi connectivity index (χ2n) is 4.85. The largest absolute Gasteiger partial charge is 0.336 e. The molecule has 0 aromatic heterocycles.